The Hall–Kier alpha value is -3.65. The molecule has 0 aliphatic heterocycles. The van der Waals surface area contributed by atoms with Crippen molar-refractivity contribution in [1.29, 1.82) is 5.26 Å². The lowest BCUT2D eigenvalue weighted by Gasteiger charge is -2.10. The van der Waals surface area contributed by atoms with Crippen LogP contribution in [-0.2, 0) is 0 Å². The highest BCUT2D eigenvalue weighted by atomic mass is 16.2. The van der Waals surface area contributed by atoms with E-state index in [1.165, 1.54) is 0 Å². The maximum Gasteiger partial charge on any atom is 0.271 e. The van der Waals surface area contributed by atoms with Crippen LogP contribution in [-0.4, -0.2) is 16.7 Å². The summed E-state index contributed by atoms with van der Waals surface area (Å²) in [5, 5.41) is 12.7. The quantitative estimate of drug-likeness (QED) is 0.580. The third-order valence-electron chi connectivity index (χ3n) is 4.08. The van der Waals surface area contributed by atoms with Crippen molar-refractivity contribution in [2.75, 3.05) is 0 Å². The first-order valence-electron chi connectivity index (χ1n) is 8.17. The zero-order chi connectivity index (χ0) is 18.5. The summed E-state index contributed by atoms with van der Waals surface area (Å²) in [4.78, 5) is 12.2. The molecule has 5 nitrogen and oxygen atoms in total. The van der Waals surface area contributed by atoms with Gasteiger partial charge in [0.25, 0.3) is 5.91 Å². The third kappa shape index (κ3) is 3.70. The molecular formula is C21H18N4O. The number of aromatic nitrogens is 1. The molecule has 0 spiro atoms. The van der Waals surface area contributed by atoms with Crippen LogP contribution in [0.5, 0.6) is 0 Å². The maximum absolute atomic E-state index is 12.2. The van der Waals surface area contributed by atoms with E-state index in [4.69, 9.17) is 5.26 Å². The summed E-state index contributed by atoms with van der Waals surface area (Å²) in [6, 6.07) is 20.5. The second-order valence-corrected chi connectivity index (χ2v) is 5.93. The summed E-state index contributed by atoms with van der Waals surface area (Å²) in [7, 11) is 0. The second kappa shape index (κ2) is 7.49. The van der Waals surface area contributed by atoms with Gasteiger partial charge in [-0.1, -0.05) is 12.1 Å². The van der Waals surface area contributed by atoms with Gasteiger partial charge in [0.2, 0.25) is 0 Å². The molecule has 5 heteroatoms. The highest BCUT2D eigenvalue weighted by molar-refractivity contribution is 5.95. The first-order chi connectivity index (χ1) is 12.6. The third-order valence-corrected chi connectivity index (χ3v) is 4.08. The van der Waals surface area contributed by atoms with Crippen molar-refractivity contribution in [2.24, 2.45) is 5.10 Å². The van der Waals surface area contributed by atoms with E-state index >= 15 is 0 Å². The standard InChI is InChI=1S/C21H18N4O/c1-15-3-4-16(2)25(15)20-11-9-19(10-12-20)21(26)24-23-14-18-7-5-17(13-22)6-8-18/h3-12,14H,1-2H3,(H,24,26)/b23-14+. The monoisotopic (exact) mass is 342 g/mol. The molecule has 0 aliphatic carbocycles. The Bertz CT molecular complexity index is 970. The van der Waals surface area contributed by atoms with Gasteiger partial charge in [-0.25, -0.2) is 5.43 Å². The number of benzene rings is 2. The second-order valence-electron chi connectivity index (χ2n) is 5.93. The molecule has 0 saturated carbocycles. The molecule has 1 aromatic heterocycles. The van der Waals surface area contributed by atoms with Gasteiger partial charge < -0.3 is 4.57 Å². The number of nitriles is 1. The molecule has 0 bridgehead atoms. The summed E-state index contributed by atoms with van der Waals surface area (Å²) >= 11 is 0. The van der Waals surface area contributed by atoms with Crippen LogP contribution in [0.25, 0.3) is 5.69 Å². The molecule has 0 radical (unpaired) electrons. The molecule has 128 valence electrons. The van der Waals surface area contributed by atoms with Crippen molar-refractivity contribution >= 4 is 12.1 Å². The minimum Gasteiger partial charge on any atom is -0.319 e. The molecule has 0 saturated heterocycles. The molecule has 1 heterocycles. The smallest absolute Gasteiger partial charge is 0.271 e. The topological polar surface area (TPSA) is 70.2 Å². The molecule has 0 unspecified atom stereocenters. The number of carbonyl (C=O) groups is 1. The number of hydrazone groups is 1. The van der Waals surface area contributed by atoms with E-state index in [1.807, 2.05) is 26.0 Å². The van der Waals surface area contributed by atoms with Crippen LogP contribution in [0.15, 0.2) is 65.8 Å². The Morgan fingerprint density at radius 3 is 2.19 bits per heavy atom. The van der Waals surface area contributed by atoms with Gasteiger partial charge in [0.1, 0.15) is 0 Å². The van der Waals surface area contributed by atoms with Gasteiger partial charge in [0.05, 0.1) is 17.8 Å². The summed E-state index contributed by atoms with van der Waals surface area (Å²) in [5.74, 6) is -0.276. The van der Waals surface area contributed by atoms with Gasteiger partial charge in [-0.05, 0) is 67.9 Å². The van der Waals surface area contributed by atoms with Crippen LogP contribution in [0, 0.1) is 25.2 Å². The van der Waals surface area contributed by atoms with Gasteiger partial charge >= 0.3 is 0 Å². The Morgan fingerprint density at radius 2 is 1.62 bits per heavy atom. The Balaban J connectivity index is 1.66. The summed E-state index contributed by atoms with van der Waals surface area (Å²) in [6.07, 6.45) is 1.54. The van der Waals surface area contributed by atoms with Gasteiger partial charge in [-0.2, -0.15) is 10.4 Å². The normalized spacial score (nSPS) is 10.7. The molecule has 26 heavy (non-hydrogen) atoms. The molecule has 1 N–H and O–H groups in total. The number of nitrogens with one attached hydrogen (secondary N) is 1. The van der Waals surface area contributed by atoms with E-state index in [-0.39, 0.29) is 5.91 Å². The van der Waals surface area contributed by atoms with Crippen molar-refractivity contribution in [3.05, 3.63) is 88.7 Å². The first kappa shape index (κ1) is 17.2. The minimum atomic E-state index is -0.276. The predicted molar refractivity (Wildman–Crippen MR) is 101 cm³/mol. The molecule has 3 rings (SSSR count). The number of aryl methyl sites for hydroxylation is 2. The lowest BCUT2D eigenvalue weighted by molar-refractivity contribution is 0.0955. The fourth-order valence-corrected chi connectivity index (χ4v) is 2.71. The number of nitrogens with zero attached hydrogens (tertiary/aromatic N) is 3. The molecule has 1 amide bonds. The van der Waals surface area contributed by atoms with Gasteiger partial charge in [0.15, 0.2) is 0 Å². The molecule has 3 aromatic rings. The van der Waals surface area contributed by atoms with E-state index < -0.39 is 0 Å². The highest BCUT2D eigenvalue weighted by Gasteiger charge is 2.07. The van der Waals surface area contributed by atoms with E-state index in [2.05, 4.69) is 33.3 Å². The molecular weight excluding hydrogens is 324 g/mol. The Morgan fingerprint density at radius 1 is 1.00 bits per heavy atom. The average Bonchev–Trinajstić information content (AvgIpc) is 3.00. The van der Waals surface area contributed by atoms with Crippen LogP contribution >= 0.6 is 0 Å². The Labute approximate surface area is 152 Å². The molecule has 0 fully saturated rings. The fourth-order valence-electron chi connectivity index (χ4n) is 2.71. The van der Waals surface area contributed by atoms with Crippen LogP contribution < -0.4 is 5.43 Å². The fraction of sp³-hybridized carbons (Fsp3) is 0.0952. The van der Waals surface area contributed by atoms with Crippen molar-refractivity contribution in [1.82, 2.24) is 9.99 Å². The van der Waals surface area contributed by atoms with Crippen molar-refractivity contribution in [3.63, 3.8) is 0 Å². The van der Waals surface area contributed by atoms with Crippen molar-refractivity contribution in [3.8, 4) is 11.8 Å². The number of carbonyl (C=O) groups excluding carboxylic acids is 1. The average molecular weight is 342 g/mol. The zero-order valence-corrected chi connectivity index (χ0v) is 14.6. The summed E-state index contributed by atoms with van der Waals surface area (Å²) in [6.45, 7) is 4.09. The number of amides is 1. The van der Waals surface area contributed by atoms with Crippen molar-refractivity contribution < 1.29 is 4.79 Å². The van der Waals surface area contributed by atoms with Crippen LogP contribution in [0.2, 0.25) is 0 Å². The van der Waals surface area contributed by atoms with E-state index in [9.17, 15) is 4.79 Å². The Kier molecular flexibility index (Phi) is 4.95. The summed E-state index contributed by atoms with van der Waals surface area (Å²) in [5.41, 5.74) is 7.74. The zero-order valence-electron chi connectivity index (χ0n) is 14.6. The SMILES string of the molecule is Cc1ccc(C)n1-c1ccc(C(=O)N/N=C/c2ccc(C#N)cc2)cc1. The number of hydrogen-bond donors (Lipinski definition) is 1. The minimum absolute atomic E-state index is 0.276. The van der Waals surface area contributed by atoms with E-state index in [0.29, 0.717) is 11.1 Å². The number of hydrogen-bond acceptors (Lipinski definition) is 3. The van der Waals surface area contributed by atoms with Gasteiger partial charge in [-0.15, -0.1) is 0 Å². The van der Waals surface area contributed by atoms with Crippen LogP contribution in [0.3, 0.4) is 0 Å². The van der Waals surface area contributed by atoms with Crippen LogP contribution in [0.4, 0.5) is 0 Å². The molecule has 0 atom stereocenters. The predicted octanol–water partition coefficient (Wildman–Crippen LogP) is 3.73. The molecule has 2 aromatic carbocycles. The largest absolute Gasteiger partial charge is 0.319 e. The first-order valence-corrected chi connectivity index (χ1v) is 8.17. The highest BCUT2D eigenvalue weighted by Crippen LogP contribution is 2.16. The van der Waals surface area contributed by atoms with Gasteiger partial charge in [-0.3, -0.25) is 4.79 Å². The van der Waals surface area contributed by atoms with Gasteiger partial charge in [0, 0.05) is 22.6 Å². The maximum atomic E-state index is 12.2. The molecule has 0 aliphatic rings. The van der Waals surface area contributed by atoms with E-state index in [1.54, 1.807) is 42.6 Å². The summed E-state index contributed by atoms with van der Waals surface area (Å²) < 4.78 is 2.13. The lowest BCUT2D eigenvalue weighted by atomic mass is 10.2. The van der Waals surface area contributed by atoms with E-state index in [0.717, 1.165) is 22.6 Å². The lowest BCUT2D eigenvalue weighted by Crippen LogP contribution is -2.17. The van der Waals surface area contributed by atoms with Crippen LogP contribution in [0.1, 0.15) is 32.9 Å². The number of rotatable bonds is 4. The van der Waals surface area contributed by atoms with Crippen molar-refractivity contribution in [2.45, 2.75) is 13.8 Å².